The van der Waals surface area contributed by atoms with Gasteiger partial charge in [0.1, 0.15) is 24.9 Å². The number of benzene rings is 1. The summed E-state index contributed by atoms with van der Waals surface area (Å²) >= 11 is 17.1. The molecule has 0 spiro atoms. The summed E-state index contributed by atoms with van der Waals surface area (Å²) in [6, 6.07) is 3.31. The molecule has 1 aromatic carbocycles. The zero-order valence-electron chi connectivity index (χ0n) is 16.7. The van der Waals surface area contributed by atoms with E-state index in [0.717, 1.165) is 13.8 Å². The van der Waals surface area contributed by atoms with Crippen LogP contribution in [-0.2, 0) is 38.3 Å². The van der Waals surface area contributed by atoms with Crippen molar-refractivity contribution in [2.24, 2.45) is 5.11 Å². The van der Waals surface area contributed by atoms with Crippen molar-refractivity contribution in [3.8, 4) is 0 Å². The van der Waals surface area contributed by atoms with E-state index in [1.165, 1.54) is 19.1 Å². The third-order valence-electron chi connectivity index (χ3n) is 4.30. The van der Waals surface area contributed by atoms with Gasteiger partial charge in [-0.2, -0.15) is 0 Å². The third-order valence-corrected chi connectivity index (χ3v) is 5.72. The number of rotatable bonds is 6. The first kappa shape index (κ1) is 25.1. The lowest BCUT2D eigenvalue weighted by Gasteiger charge is -2.49. The van der Waals surface area contributed by atoms with E-state index in [1.807, 2.05) is 0 Å². The highest BCUT2D eigenvalue weighted by molar-refractivity contribution is 7.81. The molecule has 2 rings (SSSR count). The second kappa shape index (κ2) is 10.4. The number of thiol groups is 1. The Morgan fingerprint density at radius 3 is 2.39 bits per heavy atom. The predicted molar refractivity (Wildman–Crippen MR) is 113 cm³/mol. The van der Waals surface area contributed by atoms with Crippen molar-refractivity contribution < 1.29 is 33.3 Å². The SMILES string of the molecule is CC(=O)OC[C@H]1O[C@@](S)(c2cccc(Cl)c2Cl)[C@H](OC(C)=O)[C@@H](N=[N+]=[N-])[C@H]1OC(C)=O. The summed E-state index contributed by atoms with van der Waals surface area (Å²) in [6.45, 7) is 3.07. The van der Waals surface area contributed by atoms with Gasteiger partial charge < -0.3 is 18.9 Å². The number of hydrogen-bond donors (Lipinski definition) is 1. The van der Waals surface area contributed by atoms with Crippen molar-refractivity contribution in [3.63, 3.8) is 0 Å². The van der Waals surface area contributed by atoms with E-state index in [0.29, 0.717) is 0 Å². The van der Waals surface area contributed by atoms with Gasteiger partial charge in [0.2, 0.25) is 0 Å². The number of carbonyl (C=O) groups excluding carboxylic acids is 3. The first-order valence-electron chi connectivity index (χ1n) is 8.88. The van der Waals surface area contributed by atoms with Gasteiger partial charge in [-0.15, -0.1) is 12.6 Å². The van der Waals surface area contributed by atoms with E-state index >= 15 is 0 Å². The molecule has 1 aliphatic heterocycles. The Hall–Kier alpha value is -2.17. The molecule has 5 atom stereocenters. The molecule has 0 radical (unpaired) electrons. The number of nitrogens with zero attached hydrogens (tertiary/aromatic N) is 3. The van der Waals surface area contributed by atoms with Crippen LogP contribution >= 0.6 is 35.8 Å². The molecule has 0 aromatic heterocycles. The van der Waals surface area contributed by atoms with Crippen molar-refractivity contribution in [1.29, 1.82) is 0 Å². The molecule has 0 saturated carbocycles. The van der Waals surface area contributed by atoms with Crippen LogP contribution in [0.1, 0.15) is 26.3 Å². The molecule has 1 aromatic rings. The second-order valence-corrected chi connectivity index (χ2v) is 8.01. The molecule has 1 heterocycles. The minimum Gasteiger partial charge on any atom is -0.463 e. The zero-order chi connectivity index (χ0) is 23.3. The topological polar surface area (TPSA) is 137 Å². The van der Waals surface area contributed by atoms with Crippen LogP contribution in [-0.4, -0.2) is 48.9 Å². The standard InChI is InChI=1S/C18H19Cl2N3O7S/c1-8(24)27-7-13-16(28-9(2)25)15(22-23-21)17(29-10(3)26)18(31,30-13)11-5-4-6-12(19)14(11)20/h4-6,13,15-17,31H,7H2,1-3H3/t13-,15+,16+,17-,18-/m1/s1. The number of hydrogen-bond acceptors (Lipinski definition) is 9. The van der Waals surface area contributed by atoms with Crippen LogP contribution in [0, 0.1) is 0 Å². The largest absolute Gasteiger partial charge is 0.463 e. The highest BCUT2D eigenvalue weighted by Crippen LogP contribution is 2.48. The lowest BCUT2D eigenvalue weighted by Crippen LogP contribution is -2.63. The Bertz CT molecular complexity index is 927. The number of ether oxygens (including phenoxy) is 4. The van der Waals surface area contributed by atoms with E-state index in [9.17, 15) is 14.4 Å². The molecule has 31 heavy (non-hydrogen) atoms. The van der Waals surface area contributed by atoms with Gasteiger partial charge in [0.25, 0.3) is 0 Å². The molecule has 1 fully saturated rings. The summed E-state index contributed by atoms with van der Waals surface area (Å²) in [6.07, 6.45) is -3.81. The maximum Gasteiger partial charge on any atom is 0.303 e. The summed E-state index contributed by atoms with van der Waals surface area (Å²) in [5.41, 5.74) is 9.34. The molecule has 0 unspecified atom stereocenters. The zero-order valence-corrected chi connectivity index (χ0v) is 19.1. The smallest absolute Gasteiger partial charge is 0.303 e. The van der Waals surface area contributed by atoms with E-state index < -0.39 is 47.2 Å². The summed E-state index contributed by atoms with van der Waals surface area (Å²) < 4.78 is 21.8. The number of azide groups is 1. The Morgan fingerprint density at radius 1 is 1.19 bits per heavy atom. The maximum absolute atomic E-state index is 11.9. The van der Waals surface area contributed by atoms with Gasteiger partial charge >= 0.3 is 17.9 Å². The first-order valence-corrected chi connectivity index (χ1v) is 10.1. The maximum atomic E-state index is 11.9. The Morgan fingerprint density at radius 2 is 1.84 bits per heavy atom. The van der Waals surface area contributed by atoms with Crippen LogP contribution in [0.25, 0.3) is 10.4 Å². The van der Waals surface area contributed by atoms with E-state index in [-0.39, 0.29) is 22.2 Å². The minimum absolute atomic E-state index is 0.0492. The molecular weight excluding hydrogens is 473 g/mol. The van der Waals surface area contributed by atoms with Crippen LogP contribution < -0.4 is 0 Å². The Balaban J connectivity index is 2.69. The molecule has 1 aliphatic rings. The van der Waals surface area contributed by atoms with Crippen LogP contribution in [0.3, 0.4) is 0 Å². The fourth-order valence-electron chi connectivity index (χ4n) is 3.17. The van der Waals surface area contributed by atoms with Crippen LogP contribution in [0.5, 0.6) is 0 Å². The van der Waals surface area contributed by atoms with Crippen LogP contribution in [0.15, 0.2) is 23.3 Å². The molecule has 168 valence electrons. The van der Waals surface area contributed by atoms with Gasteiger partial charge in [-0.1, -0.05) is 40.4 Å². The lowest BCUT2D eigenvalue weighted by molar-refractivity contribution is -0.229. The summed E-state index contributed by atoms with van der Waals surface area (Å²) in [7, 11) is 0. The Labute approximate surface area is 193 Å². The monoisotopic (exact) mass is 491 g/mol. The molecule has 0 amide bonds. The van der Waals surface area contributed by atoms with Crippen molar-refractivity contribution in [3.05, 3.63) is 44.3 Å². The summed E-state index contributed by atoms with van der Waals surface area (Å²) in [5, 5.41) is 3.90. The van der Waals surface area contributed by atoms with Crippen LogP contribution in [0.4, 0.5) is 0 Å². The molecule has 10 nitrogen and oxygen atoms in total. The van der Waals surface area contributed by atoms with Gasteiger partial charge in [0, 0.05) is 31.2 Å². The van der Waals surface area contributed by atoms with Gasteiger partial charge in [-0.3, -0.25) is 14.4 Å². The normalized spacial score (nSPS) is 27.5. The fraction of sp³-hybridized carbons (Fsp3) is 0.500. The highest BCUT2D eigenvalue weighted by Gasteiger charge is 2.58. The summed E-state index contributed by atoms with van der Waals surface area (Å²) in [4.78, 5) is 35.9. The Kier molecular flexibility index (Phi) is 8.44. The number of esters is 3. The van der Waals surface area contributed by atoms with Gasteiger partial charge in [0.15, 0.2) is 11.0 Å². The van der Waals surface area contributed by atoms with Crippen molar-refractivity contribution >= 4 is 53.7 Å². The van der Waals surface area contributed by atoms with E-state index in [2.05, 4.69) is 22.7 Å². The van der Waals surface area contributed by atoms with Gasteiger partial charge in [-0.25, -0.2) is 0 Å². The van der Waals surface area contributed by atoms with Crippen molar-refractivity contribution in [1.82, 2.24) is 0 Å². The van der Waals surface area contributed by atoms with E-state index in [1.54, 1.807) is 6.07 Å². The molecule has 0 aliphatic carbocycles. The molecule has 13 heteroatoms. The van der Waals surface area contributed by atoms with Gasteiger partial charge in [0.05, 0.1) is 10.0 Å². The number of carbonyl (C=O) groups is 3. The average molecular weight is 492 g/mol. The molecular formula is C18H19Cl2N3O7S. The average Bonchev–Trinajstić information content (AvgIpc) is 2.67. The van der Waals surface area contributed by atoms with E-state index in [4.69, 9.17) is 47.7 Å². The molecule has 0 bridgehead atoms. The quantitative estimate of drug-likeness (QED) is 0.160. The van der Waals surface area contributed by atoms with Crippen LogP contribution in [0.2, 0.25) is 10.0 Å². The van der Waals surface area contributed by atoms with Crippen molar-refractivity contribution in [2.45, 2.75) is 50.1 Å². The summed E-state index contributed by atoms with van der Waals surface area (Å²) in [5.74, 6) is -2.10. The number of halogens is 2. The first-order chi connectivity index (χ1) is 14.5. The molecule has 1 saturated heterocycles. The molecule has 0 N–H and O–H groups in total. The third kappa shape index (κ3) is 5.75. The predicted octanol–water partition coefficient (Wildman–Crippen LogP) is 3.58. The lowest BCUT2D eigenvalue weighted by atomic mass is 9.88. The van der Waals surface area contributed by atoms with Crippen molar-refractivity contribution in [2.75, 3.05) is 6.61 Å². The fourth-order valence-corrected chi connectivity index (χ4v) is 4.20. The highest BCUT2D eigenvalue weighted by atomic mass is 35.5. The van der Waals surface area contributed by atoms with Gasteiger partial charge in [-0.05, 0) is 11.6 Å². The second-order valence-electron chi connectivity index (χ2n) is 6.56. The minimum atomic E-state index is -1.81.